The second kappa shape index (κ2) is 6.18. The number of fused-ring (bicyclic) bond motifs is 1. The summed E-state index contributed by atoms with van der Waals surface area (Å²) in [6.07, 6.45) is 1.96. The fourth-order valence-corrected chi connectivity index (χ4v) is 4.12. The summed E-state index contributed by atoms with van der Waals surface area (Å²) in [5.41, 5.74) is 2.59. The van der Waals surface area contributed by atoms with Crippen LogP contribution in [0.2, 0.25) is 0 Å². The van der Waals surface area contributed by atoms with Gasteiger partial charge < -0.3 is 0 Å². The Morgan fingerprint density at radius 1 is 1.04 bits per heavy atom. The van der Waals surface area contributed by atoms with Gasteiger partial charge in [0.2, 0.25) is 0 Å². The van der Waals surface area contributed by atoms with E-state index in [2.05, 4.69) is 87.3 Å². The van der Waals surface area contributed by atoms with Crippen molar-refractivity contribution in [1.82, 2.24) is 19.7 Å². The van der Waals surface area contributed by atoms with Crippen LogP contribution in [0.3, 0.4) is 0 Å². The number of hydrogen-bond donors (Lipinski definition) is 0. The van der Waals surface area contributed by atoms with Crippen LogP contribution in [-0.4, -0.2) is 25.5 Å². The molecule has 0 amide bonds. The van der Waals surface area contributed by atoms with Gasteiger partial charge >= 0.3 is 0 Å². The first-order valence-electron chi connectivity index (χ1n) is 7.72. The molecular weight excluding hydrogens is 304 g/mol. The van der Waals surface area contributed by atoms with E-state index < -0.39 is 0 Å². The van der Waals surface area contributed by atoms with Gasteiger partial charge in [0.05, 0.1) is 5.88 Å². The summed E-state index contributed by atoms with van der Waals surface area (Å²) < 4.78 is 2.17. The molecule has 1 unspecified atom stereocenters. The number of aromatic nitrogens is 3. The number of benzene rings is 2. The maximum Gasteiger partial charge on any atom is 0.193 e. The zero-order valence-corrected chi connectivity index (χ0v) is 13.7. The molecule has 2 atom stereocenters. The third kappa shape index (κ3) is 2.66. The summed E-state index contributed by atoms with van der Waals surface area (Å²) in [7, 11) is 0. The zero-order chi connectivity index (χ0) is 15.6. The lowest BCUT2D eigenvalue weighted by Gasteiger charge is -2.40. The van der Waals surface area contributed by atoms with Gasteiger partial charge in [-0.2, -0.15) is 0 Å². The van der Waals surface area contributed by atoms with Crippen LogP contribution in [0.25, 0.3) is 0 Å². The van der Waals surface area contributed by atoms with Crippen LogP contribution in [0.4, 0.5) is 0 Å². The molecule has 0 saturated heterocycles. The lowest BCUT2D eigenvalue weighted by Crippen LogP contribution is -2.38. The molecule has 1 aliphatic rings. The van der Waals surface area contributed by atoms with E-state index in [4.69, 9.17) is 0 Å². The predicted molar refractivity (Wildman–Crippen MR) is 92.0 cm³/mol. The van der Waals surface area contributed by atoms with Crippen LogP contribution < -0.4 is 0 Å². The summed E-state index contributed by atoms with van der Waals surface area (Å²) in [6, 6.07) is 21.5. The maximum absolute atomic E-state index is 4.25. The lowest BCUT2D eigenvalue weighted by atomic mass is 10.0. The fraction of sp³-hybridized carbons (Fsp3) is 0.222. The highest BCUT2D eigenvalue weighted by atomic mass is 32.2. The van der Waals surface area contributed by atoms with E-state index in [1.165, 1.54) is 11.1 Å². The summed E-state index contributed by atoms with van der Waals surface area (Å²) in [4.78, 5) is 2.49. The van der Waals surface area contributed by atoms with E-state index in [0.29, 0.717) is 6.04 Å². The van der Waals surface area contributed by atoms with Gasteiger partial charge in [-0.25, -0.2) is 0 Å². The Morgan fingerprint density at radius 3 is 2.48 bits per heavy atom. The van der Waals surface area contributed by atoms with Crippen molar-refractivity contribution in [2.75, 3.05) is 5.88 Å². The molecule has 0 fully saturated rings. The molecule has 5 heteroatoms. The Morgan fingerprint density at radius 2 is 1.74 bits per heavy atom. The Hall–Kier alpha value is -2.11. The third-order valence-corrected chi connectivity index (χ3v) is 5.32. The molecule has 2 aromatic carbocycles. The molecule has 1 aliphatic heterocycles. The molecule has 2 heterocycles. The zero-order valence-electron chi connectivity index (χ0n) is 12.9. The van der Waals surface area contributed by atoms with Gasteiger partial charge in [-0.1, -0.05) is 72.4 Å². The highest BCUT2D eigenvalue weighted by Gasteiger charge is 2.33. The molecule has 1 aromatic heterocycles. The second-order valence-electron chi connectivity index (χ2n) is 5.68. The molecule has 4 nitrogen and oxygen atoms in total. The number of thioether (sulfide) groups is 1. The molecule has 23 heavy (non-hydrogen) atoms. The Kier molecular flexibility index (Phi) is 3.89. The Balaban J connectivity index is 1.77. The summed E-state index contributed by atoms with van der Waals surface area (Å²) in [6.45, 7) is 2.27. The van der Waals surface area contributed by atoms with Crippen molar-refractivity contribution in [3.05, 3.63) is 78.1 Å². The second-order valence-corrected chi connectivity index (χ2v) is 6.59. The van der Waals surface area contributed by atoms with E-state index in [1.807, 2.05) is 6.33 Å². The molecule has 0 spiro atoms. The lowest BCUT2D eigenvalue weighted by molar-refractivity contribution is 0.136. The number of rotatable bonds is 3. The number of nitrogens with zero attached hydrogens (tertiary/aromatic N) is 4. The smallest absolute Gasteiger partial charge is 0.193 e. The van der Waals surface area contributed by atoms with Gasteiger partial charge in [0, 0.05) is 6.04 Å². The van der Waals surface area contributed by atoms with E-state index in [9.17, 15) is 0 Å². The van der Waals surface area contributed by atoms with Crippen LogP contribution in [0.5, 0.6) is 0 Å². The summed E-state index contributed by atoms with van der Waals surface area (Å²) >= 11 is 1.74. The molecule has 116 valence electrons. The van der Waals surface area contributed by atoms with Crippen molar-refractivity contribution >= 4 is 11.8 Å². The molecule has 3 aromatic rings. The normalized spacial score (nSPS) is 19.3. The van der Waals surface area contributed by atoms with Crippen LogP contribution >= 0.6 is 11.8 Å². The largest absolute Gasteiger partial charge is 0.288 e. The van der Waals surface area contributed by atoms with Gasteiger partial charge in [-0.15, -0.1) is 10.2 Å². The third-order valence-electron chi connectivity index (χ3n) is 4.34. The molecule has 0 aliphatic carbocycles. The van der Waals surface area contributed by atoms with Crippen LogP contribution in [-0.2, 0) is 0 Å². The maximum atomic E-state index is 4.25. The standard InChI is InChI=1S/C18H18N4S/c1-14(15-8-4-2-5-9-15)22-13-23-18-20-19-12-21(18)17(22)16-10-6-3-7-11-16/h2-12,14,17H,13H2,1H3/t14-,17?/m0/s1. The molecule has 0 saturated carbocycles. The quantitative estimate of drug-likeness (QED) is 0.731. The van der Waals surface area contributed by atoms with Crippen molar-refractivity contribution in [3.63, 3.8) is 0 Å². The van der Waals surface area contributed by atoms with Crippen molar-refractivity contribution in [3.8, 4) is 0 Å². The van der Waals surface area contributed by atoms with Gasteiger partial charge in [0.15, 0.2) is 5.16 Å². The van der Waals surface area contributed by atoms with E-state index in [0.717, 1.165) is 11.0 Å². The SMILES string of the molecule is C[C@@H](c1ccccc1)N1CSc2nncn2C1c1ccccc1. The minimum Gasteiger partial charge on any atom is -0.288 e. The molecule has 0 N–H and O–H groups in total. The molecule has 4 rings (SSSR count). The average molecular weight is 322 g/mol. The highest BCUT2D eigenvalue weighted by Crippen LogP contribution is 2.39. The summed E-state index contributed by atoms with van der Waals surface area (Å²) in [5.74, 6) is 0.897. The van der Waals surface area contributed by atoms with Crippen molar-refractivity contribution in [1.29, 1.82) is 0 Å². The average Bonchev–Trinajstić information content (AvgIpc) is 3.10. The Labute approximate surface area is 140 Å². The highest BCUT2D eigenvalue weighted by molar-refractivity contribution is 7.99. The van der Waals surface area contributed by atoms with Gasteiger partial charge in [-0.05, 0) is 18.1 Å². The van der Waals surface area contributed by atoms with Gasteiger partial charge in [0.1, 0.15) is 12.5 Å². The summed E-state index contributed by atoms with van der Waals surface area (Å²) in [5, 5.41) is 9.34. The topological polar surface area (TPSA) is 34.0 Å². The van der Waals surface area contributed by atoms with Crippen LogP contribution in [0, 0.1) is 0 Å². The fourth-order valence-electron chi connectivity index (χ4n) is 3.09. The predicted octanol–water partition coefficient (Wildman–Crippen LogP) is 3.95. The van der Waals surface area contributed by atoms with Crippen molar-refractivity contribution in [2.24, 2.45) is 0 Å². The van der Waals surface area contributed by atoms with E-state index >= 15 is 0 Å². The van der Waals surface area contributed by atoms with E-state index in [-0.39, 0.29) is 6.17 Å². The van der Waals surface area contributed by atoms with Crippen LogP contribution in [0.1, 0.15) is 30.3 Å². The Bertz CT molecular complexity index is 772. The molecule has 0 bridgehead atoms. The first-order chi connectivity index (χ1) is 11.3. The van der Waals surface area contributed by atoms with Crippen molar-refractivity contribution in [2.45, 2.75) is 24.3 Å². The monoisotopic (exact) mass is 322 g/mol. The first kappa shape index (κ1) is 14.5. The minimum absolute atomic E-state index is 0.123. The van der Waals surface area contributed by atoms with Crippen LogP contribution in [0.15, 0.2) is 72.1 Å². The molecule has 0 radical (unpaired) electrons. The van der Waals surface area contributed by atoms with Crippen molar-refractivity contribution < 1.29 is 0 Å². The first-order valence-corrected chi connectivity index (χ1v) is 8.71. The molecular formula is C18H18N4S. The van der Waals surface area contributed by atoms with Gasteiger partial charge in [0.25, 0.3) is 0 Å². The number of hydrogen-bond acceptors (Lipinski definition) is 4. The minimum atomic E-state index is 0.123. The van der Waals surface area contributed by atoms with Gasteiger partial charge in [-0.3, -0.25) is 9.47 Å². The van der Waals surface area contributed by atoms with E-state index in [1.54, 1.807) is 11.8 Å².